The molecule has 2 aromatic heterocycles. The van der Waals surface area contributed by atoms with Crippen LogP contribution in [0.4, 0.5) is 0 Å². The second kappa shape index (κ2) is 6.33. The van der Waals surface area contributed by atoms with Crippen molar-refractivity contribution in [3.05, 3.63) is 88.7 Å². The van der Waals surface area contributed by atoms with Gasteiger partial charge in [0.05, 0.1) is 13.2 Å². The second-order valence-electron chi connectivity index (χ2n) is 5.77. The maximum Gasteiger partial charge on any atom is 0.281 e. The molecule has 0 bridgehead atoms. The summed E-state index contributed by atoms with van der Waals surface area (Å²) in [5, 5.41) is 9.10. The van der Waals surface area contributed by atoms with E-state index in [9.17, 15) is 4.79 Å². The largest absolute Gasteiger partial charge is 0.392 e. The summed E-state index contributed by atoms with van der Waals surface area (Å²) in [6, 6.07) is 17.2. The van der Waals surface area contributed by atoms with E-state index < -0.39 is 0 Å². The van der Waals surface area contributed by atoms with Crippen molar-refractivity contribution in [2.75, 3.05) is 0 Å². The Morgan fingerprint density at radius 2 is 1.60 bits per heavy atom. The fourth-order valence-electron chi connectivity index (χ4n) is 2.77. The number of para-hydroxylation sites is 1. The number of rotatable bonds is 4. The zero-order valence-corrected chi connectivity index (χ0v) is 13.4. The van der Waals surface area contributed by atoms with Crippen LogP contribution < -0.4 is 5.56 Å². The van der Waals surface area contributed by atoms with Crippen LogP contribution in [-0.2, 0) is 13.2 Å². The summed E-state index contributed by atoms with van der Waals surface area (Å²) in [4.78, 5) is 21.4. The molecule has 0 saturated heterocycles. The Labute approximate surface area is 143 Å². The summed E-state index contributed by atoms with van der Waals surface area (Å²) >= 11 is 0. The number of nitrogens with zero attached hydrogens (tertiary/aromatic N) is 4. The zero-order chi connectivity index (χ0) is 17.2. The van der Waals surface area contributed by atoms with Gasteiger partial charge >= 0.3 is 0 Å². The SMILES string of the molecule is O=c1c2ncn(-c3ccccc3)c2ncn1Cc1ccc(CO)cc1. The molecule has 0 spiro atoms. The van der Waals surface area contributed by atoms with Crippen molar-refractivity contribution in [2.24, 2.45) is 0 Å². The van der Waals surface area contributed by atoms with E-state index >= 15 is 0 Å². The molecule has 25 heavy (non-hydrogen) atoms. The lowest BCUT2D eigenvalue weighted by molar-refractivity contribution is 0.282. The highest BCUT2D eigenvalue weighted by atomic mass is 16.3. The minimum Gasteiger partial charge on any atom is -0.392 e. The fraction of sp³-hybridized carbons (Fsp3) is 0.105. The van der Waals surface area contributed by atoms with Gasteiger partial charge in [0.15, 0.2) is 11.2 Å². The predicted octanol–water partition coefficient (Wildman–Crippen LogP) is 2.12. The first-order chi connectivity index (χ1) is 12.3. The number of aliphatic hydroxyl groups is 1. The Balaban J connectivity index is 1.72. The lowest BCUT2D eigenvalue weighted by atomic mass is 10.1. The van der Waals surface area contributed by atoms with E-state index in [4.69, 9.17) is 5.11 Å². The van der Waals surface area contributed by atoms with Crippen LogP contribution in [0.3, 0.4) is 0 Å². The van der Waals surface area contributed by atoms with Crippen LogP contribution in [0.1, 0.15) is 11.1 Å². The Kier molecular flexibility index (Phi) is 3.87. The van der Waals surface area contributed by atoms with E-state index in [0.29, 0.717) is 17.7 Å². The lowest BCUT2D eigenvalue weighted by Crippen LogP contribution is -2.21. The first-order valence-electron chi connectivity index (χ1n) is 7.93. The van der Waals surface area contributed by atoms with Crippen LogP contribution in [0.2, 0.25) is 0 Å². The number of aromatic nitrogens is 4. The highest BCUT2D eigenvalue weighted by Crippen LogP contribution is 2.13. The highest BCUT2D eigenvalue weighted by molar-refractivity contribution is 5.71. The molecule has 0 atom stereocenters. The maximum atomic E-state index is 12.7. The number of fused-ring (bicyclic) bond motifs is 1. The molecule has 6 heteroatoms. The van der Waals surface area contributed by atoms with E-state index in [2.05, 4.69) is 9.97 Å². The topological polar surface area (TPSA) is 72.9 Å². The molecule has 0 amide bonds. The van der Waals surface area contributed by atoms with Gasteiger partial charge in [0, 0.05) is 5.69 Å². The van der Waals surface area contributed by atoms with Gasteiger partial charge in [0.25, 0.3) is 5.56 Å². The van der Waals surface area contributed by atoms with Gasteiger partial charge in [-0.3, -0.25) is 13.9 Å². The number of imidazole rings is 1. The standard InChI is InChI=1S/C19H16N4O2/c24-11-15-8-6-14(7-9-15)10-22-12-21-18-17(19(22)25)20-13-23(18)16-4-2-1-3-5-16/h1-9,12-13,24H,10-11H2. The molecular formula is C19H16N4O2. The Morgan fingerprint density at radius 1 is 0.880 bits per heavy atom. The maximum absolute atomic E-state index is 12.7. The summed E-state index contributed by atoms with van der Waals surface area (Å²) in [6.07, 6.45) is 3.17. The summed E-state index contributed by atoms with van der Waals surface area (Å²) in [7, 11) is 0. The molecule has 0 unspecified atom stereocenters. The molecule has 0 fully saturated rings. The molecule has 1 N–H and O–H groups in total. The molecule has 0 aliphatic heterocycles. The minimum absolute atomic E-state index is 0.00463. The van der Waals surface area contributed by atoms with E-state index in [0.717, 1.165) is 16.8 Å². The molecule has 6 nitrogen and oxygen atoms in total. The van der Waals surface area contributed by atoms with Crippen LogP contribution in [-0.4, -0.2) is 24.2 Å². The van der Waals surface area contributed by atoms with Crippen LogP contribution in [0, 0.1) is 0 Å². The van der Waals surface area contributed by atoms with Crippen LogP contribution in [0.15, 0.2) is 72.0 Å². The van der Waals surface area contributed by atoms with Gasteiger partial charge in [-0.25, -0.2) is 9.97 Å². The molecular weight excluding hydrogens is 316 g/mol. The van der Waals surface area contributed by atoms with Crippen molar-refractivity contribution in [3.63, 3.8) is 0 Å². The Hall–Kier alpha value is -3.25. The summed E-state index contributed by atoms with van der Waals surface area (Å²) in [5.41, 5.74) is 3.43. The van der Waals surface area contributed by atoms with E-state index in [-0.39, 0.29) is 12.2 Å². The van der Waals surface area contributed by atoms with Crippen LogP contribution in [0.5, 0.6) is 0 Å². The van der Waals surface area contributed by atoms with Crippen molar-refractivity contribution < 1.29 is 5.11 Å². The van der Waals surface area contributed by atoms with E-state index in [1.807, 2.05) is 54.6 Å². The van der Waals surface area contributed by atoms with Gasteiger partial charge in [-0.15, -0.1) is 0 Å². The van der Waals surface area contributed by atoms with Gasteiger partial charge < -0.3 is 5.11 Å². The second-order valence-corrected chi connectivity index (χ2v) is 5.77. The molecule has 4 aromatic rings. The van der Waals surface area contributed by atoms with Crippen molar-refractivity contribution >= 4 is 11.2 Å². The third kappa shape index (κ3) is 2.83. The number of hydrogen-bond acceptors (Lipinski definition) is 4. The molecule has 4 rings (SSSR count). The quantitative estimate of drug-likeness (QED) is 0.621. The first-order valence-corrected chi connectivity index (χ1v) is 7.93. The van der Waals surface area contributed by atoms with Crippen molar-refractivity contribution in [1.82, 2.24) is 19.1 Å². The number of hydrogen-bond donors (Lipinski definition) is 1. The van der Waals surface area contributed by atoms with Gasteiger partial charge in [-0.05, 0) is 23.3 Å². The third-order valence-corrected chi connectivity index (χ3v) is 4.12. The fourth-order valence-corrected chi connectivity index (χ4v) is 2.77. The van der Waals surface area contributed by atoms with Crippen molar-refractivity contribution in [3.8, 4) is 5.69 Å². The summed E-state index contributed by atoms with van der Waals surface area (Å²) in [5.74, 6) is 0. The van der Waals surface area contributed by atoms with Gasteiger partial charge in [-0.1, -0.05) is 42.5 Å². The normalized spacial score (nSPS) is 11.1. The van der Waals surface area contributed by atoms with Gasteiger partial charge in [0.2, 0.25) is 0 Å². The molecule has 0 aliphatic carbocycles. The minimum atomic E-state index is -0.175. The van der Waals surface area contributed by atoms with E-state index in [1.54, 1.807) is 21.8 Å². The molecule has 2 heterocycles. The lowest BCUT2D eigenvalue weighted by Gasteiger charge is -2.07. The summed E-state index contributed by atoms with van der Waals surface area (Å²) < 4.78 is 3.34. The average molecular weight is 332 g/mol. The van der Waals surface area contributed by atoms with Gasteiger partial charge in [0.1, 0.15) is 12.7 Å². The highest BCUT2D eigenvalue weighted by Gasteiger charge is 2.11. The summed E-state index contributed by atoms with van der Waals surface area (Å²) in [6.45, 7) is 0.413. The zero-order valence-electron chi connectivity index (χ0n) is 13.4. The van der Waals surface area contributed by atoms with Crippen LogP contribution >= 0.6 is 0 Å². The first kappa shape index (κ1) is 15.3. The predicted molar refractivity (Wildman–Crippen MR) is 94.6 cm³/mol. The smallest absolute Gasteiger partial charge is 0.281 e. The number of aliphatic hydroxyl groups excluding tert-OH is 1. The molecule has 0 radical (unpaired) electrons. The molecule has 0 aliphatic rings. The Bertz CT molecular complexity index is 1070. The van der Waals surface area contributed by atoms with Crippen molar-refractivity contribution in [2.45, 2.75) is 13.2 Å². The van der Waals surface area contributed by atoms with Crippen molar-refractivity contribution in [1.29, 1.82) is 0 Å². The average Bonchev–Trinajstić information content (AvgIpc) is 3.10. The molecule has 2 aromatic carbocycles. The van der Waals surface area contributed by atoms with E-state index in [1.165, 1.54) is 0 Å². The monoisotopic (exact) mass is 332 g/mol. The number of benzene rings is 2. The Morgan fingerprint density at radius 3 is 2.32 bits per heavy atom. The molecule has 0 saturated carbocycles. The molecule has 124 valence electrons. The van der Waals surface area contributed by atoms with Gasteiger partial charge in [-0.2, -0.15) is 0 Å². The third-order valence-electron chi connectivity index (χ3n) is 4.12. The van der Waals surface area contributed by atoms with Crippen LogP contribution in [0.25, 0.3) is 16.9 Å².